The second-order valence-electron chi connectivity index (χ2n) is 27.2. The Hall–Kier alpha value is -8.20. The van der Waals surface area contributed by atoms with Crippen molar-refractivity contribution in [1.29, 1.82) is 0 Å². The maximum absolute atomic E-state index is 2.61. The van der Waals surface area contributed by atoms with Crippen molar-refractivity contribution in [3.05, 3.63) is 263 Å². The Morgan fingerprint density at radius 1 is 0.241 bits per heavy atom. The highest BCUT2D eigenvalue weighted by atomic mass is 15.1. The summed E-state index contributed by atoms with van der Waals surface area (Å²) in [6.07, 6.45) is 26.6. The van der Waals surface area contributed by atoms with Crippen LogP contribution < -0.4 is 9.80 Å². The average molecular weight is 1130 g/mol. The van der Waals surface area contributed by atoms with Gasteiger partial charge in [0.1, 0.15) is 0 Å². The van der Waals surface area contributed by atoms with Gasteiger partial charge in [0.05, 0.1) is 5.41 Å². The van der Waals surface area contributed by atoms with Crippen molar-refractivity contribution in [1.82, 2.24) is 0 Å². The van der Waals surface area contributed by atoms with Crippen LogP contribution in [-0.4, -0.2) is 0 Å². The SMILES string of the molecule is c1ccc2c(c1)-c1c(ccc3ccccc13)C21c2cc3cc(N(c4ccc(C5CCCCC5)cc4)c4ccc(C5CCCCC5)cc4)ccc3cc2-c2cc3ccc(N(c4ccc(C5CCCCC5)cc4)c4ccc(C5CCCCC5)cc4)cc3cc21. The second-order valence-corrected chi connectivity index (χ2v) is 27.2. The average Bonchev–Trinajstić information content (AvgIpc) is 1.51. The number of hydrogen-bond acceptors (Lipinski definition) is 2. The van der Waals surface area contributed by atoms with Crippen LogP contribution in [0.25, 0.3) is 54.6 Å². The van der Waals surface area contributed by atoms with E-state index in [1.54, 1.807) is 0 Å². The molecule has 0 amide bonds. The molecule has 0 N–H and O–H groups in total. The van der Waals surface area contributed by atoms with Crippen LogP contribution in [0.3, 0.4) is 0 Å². The summed E-state index contributed by atoms with van der Waals surface area (Å²) in [6.45, 7) is 0. The molecule has 2 heteroatoms. The van der Waals surface area contributed by atoms with Crippen molar-refractivity contribution < 1.29 is 0 Å². The van der Waals surface area contributed by atoms with Gasteiger partial charge in [-0.15, -0.1) is 0 Å². The largest absolute Gasteiger partial charge is 0.310 e. The molecule has 0 unspecified atom stereocenters. The first-order valence-electron chi connectivity index (χ1n) is 33.9. The Bertz CT molecular complexity index is 4010. The summed E-state index contributed by atoms with van der Waals surface area (Å²) in [5, 5.41) is 7.66. The van der Waals surface area contributed by atoms with Crippen LogP contribution in [0.2, 0.25) is 0 Å². The van der Waals surface area contributed by atoms with Gasteiger partial charge in [0.25, 0.3) is 0 Å². The number of anilines is 6. The van der Waals surface area contributed by atoms with Crippen molar-refractivity contribution in [2.24, 2.45) is 0 Å². The molecule has 0 bridgehead atoms. The van der Waals surface area contributed by atoms with E-state index in [1.165, 1.54) is 262 Å². The van der Waals surface area contributed by atoms with E-state index in [1.807, 2.05) is 0 Å². The van der Waals surface area contributed by atoms with E-state index in [0.717, 1.165) is 0 Å². The summed E-state index contributed by atoms with van der Waals surface area (Å²) in [5.74, 6) is 2.65. The molecule has 0 aromatic heterocycles. The molecule has 430 valence electrons. The van der Waals surface area contributed by atoms with E-state index in [0.29, 0.717) is 23.7 Å². The van der Waals surface area contributed by atoms with Gasteiger partial charge in [-0.05, 0) is 271 Å². The normalized spacial score (nSPS) is 17.8. The van der Waals surface area contributed by atoms with Gasteiger partial charge in [-0.1, -0.05) is 198 Å². The molecule has 4 fully saturated rings. The molecule has 17 rings (SSSR count). The van der Waals surface area contributed by atoms with Gasteiger partial charge in [0.15, 0.2) is 0 Å². The third-order valence-corrected chi connectivity index (χ3v) is 22.4. The van der Waals surface area contributed by atoms with Crippen molar-refractivity contribution in [3.8, 4) is 22.3 Å². The zero-order chi connectivity index (χ0) is 57.4. The second kappa shape index (κ2) is 22.2. The van der Waals surface area contributed by atoms with Crippen LogP contribution in [-0.2, 0) is 5.41 Å². The highest BCUT2D eigenvalue weighted by molar-refractivity contribution is 6.09. The molecular formula is C85H80N2. The zero-order valence-corrected chi connectivity index (χ0v) is 50.6. The molecule has 11 aromatic rings. The van der Waals surface area contributed by atoms with E-state index in [4.69, 9.17) is 0 Å². The Balaban J connectivity index is 0.832. The van der Waals surface area contributed by atoms with Crippen LogP contribution >= 0.6 is 0 Å². The van der Waals surface area contributed by atoms with Crippen molar-refractivity contribution in [3.63, 3.8) is 0 Å². The van der Waals surface area contributed by atoms with Crippen LogP contribution in [0, 0.1) is 0 Å². The zero-order valence-electron chi connectivity index (χ0n) is 50.6. The van der Waals surface area contributed by atoms with Crippen LogP contribution in [0.1, 0.15) is 197 Å². The minimum absolute atomic E-state index is 0.553. The van der Waals surface area contributed by atoms with Gasteiger partial charge < -0.3 is 9.80 Å². The summed E-state index contributed by atoms with van der Waals surface area (Å²) >= 11 is 0. The Labute approximate surface area is 515 Å². The predicted octanol–water partition coefficient (Wildman–Crippen LogP) is 24.6. The fourth-order valence-electron chi connectivity index (χ4n) is 17.9. The number of hydrogen-bond donors (Lipinski definition) is 0. The highest BCUT2D eigenvalue weighted by Crippen LogP contribution is 2.65. The predicted molar refractivity (Wildman–Crippen MR) is 368 cm³/mol. The lowest BCUT2D eigenvalue weighted by atomic mass is 9.70. The quantitative estimate of drug-likeness (QED) is 0.135. The topological polar surface area (TPSA) is 6.48 Å². The first-order valence-corrected chi connectivity index (χ1v) is 33.9. The van der Waals surface area contributed by atoms with Crippen molar-refractivity contribution in [2.45, 2.75) is 158 Å². The smallest absolute Gasteiger partial charge is 0.0726 e. The van der Waals surface area contributed by atoms with E-state index < -0.39 is 5.41 Å². The van der Waals surface area contributed by atoms with Gasteiger partial charge in [-0.25, -0.2) is 0 Å². The van der Waals surface area contributed by atoms with Crippen LogP contribution in [0.4, 0.5) is 34.1 Å². The van der Waals surface area contributed by atoms with Crippen LogP contribution in [0.15, 0.2) is 218 Å². The maximum Gasteiger partial charge on any atom is 0.0726 e. The third-order valence-electron chi connectivity index (χ3n) is 22.4. The molecular weight excluding hydrogens is 1050 g/mol. The maximum atomic E-state index is 2.61. The molecule has 11 aromatic carbocycles. The Morgan fingerprint density at radius 2 is 0.598 bits per heavy atom. The minimum Gasteiger partial charge on any atom is -0.310 e. The number of fused-ring (bicyclic) bond motifs is 14. The van der Waals surface area contributed by atoms with Gasteiger partial charge in [0.2, 0.25) is 0 Å². The van der Waals surface area contributed by atoms with E-state index >= 15 is 0 Å². The lowest BCUT2D eigenvalue weighted by Crippen LogP contribution is -2.26. The molecule has 2 nitrogen and oxygen atoms in total. The van der Waals surface area contributed by atoms with Crippen LogP contribution in [0.5, 0.6) is 0 Å². The lowest BCUT2D eigenvalue weighted by molar-refractivity contribution is 0.443. The highest BCUT2D eigenvalue weighted by Gasteiger charge is 2.52. The molecule has 4 saturated carbocycles. The molecule has 1 spiro atoms. The molecule has 6 aliphatic carbocycles. The van der Waals surface area contributed by atoms with E-state index in [2.05, 4.69) is 228 Å². The van der Waals surface area contributed by atoms with Gasteiger partial charge in [-0.2, -0.15) is 0 Å². The number of benzene rings is 11. The minimum atomic E-state index is -0.553. The summed E-state index contributed by atoms with van der Waals surface area (Å²) < 4.78 is 0. The molecule has 0 atom stereocenters. The fraction of sp³-hybridized carbons (Fsp3) is 0.294. The van der Waals surface area contributed by atoms with Gasteiger partial charge in [-0.3, -0.25) is 0 Å². The molecule has 6 aliphatic rings. The number of rotatable bonds is 10. The molecule has 0 saturated heterocycles. The molecule has 0 heterocycles. The molecule has 0 radical (unpaired) electrons. The van der Waals surface area contributed by atoms with Crippen molar-refractivity contribution >= 4 is 66.4 Å². The summed E-state index contributed by atoms with van der Waals surface area (Å²) in [7, 11) is 0. The fourth-order valence-corrected chi connectivity index (χ4v) is 17.9. The first kappa shape index (κ1) is 53.1. The summed E-state index contributed by atoms with van der Waals surface area (Å²) in [6, 6.07) is 87.0. The van der Waals surface area contributed by atoms with Crippen molar-refractivity contribution in [2.75, 3.05) is 9.80 Å². The standard InChI is InChI=1S/C85H80N2/c1-5-17-57(18-6-1)61-29-40-70(41-30-61)86(71-42-31-62(32-43-71)58-19-7-2-8-20-58)74-48-37-66-53-78-79-54-67-38-49-75(87(72-44-33-63(34-45-72)59-21-9-3-10-22-59)73-46-35-64(36-47-73)60-23-11-4-12-24-60)52-69(67)56-83(79)85(82(78)55-68(66)51-74)80-28-16-15-27-77(80)84-76-26-14-13-25-65(76)39-50-81(84)85/h13-16,25-60H,1-12,17-24H2. The van der Waals surface area contributed by atoms with E-state index in [9.17, 15) is 0 Å². The summed E-state index contributed by atoms with van der Waals surface area (Å²) in [4.78, 5) is 5.06. The number of nitrogens with zero attached hydrogens (tertiary/aromatic N) is 2. The Kier molecular flexibility index (Phi) is 13.5. The molecule has 0 aliphatic heterocycles. The lowest BCUT2D eigenvalue weighted by Gasteiger charge is -2.31. The molecule has 87 heavy (non-hydrogen) atoms. The third kappa shape index (κ3) is 9.17. The first-order chi connectivity index (χ1) is 43.1. The summed E-state index contributed by atoms with van der Waals surface area (Å²) in [5.41, 5.74) is 23.5. The van der Waals surface area contributed by atoms with Gasteiger partial charge >= 0.3 is 0 Å². The monoisotopic (exact) mass is 1130 g/mol. The van der Waals surface area contributed by atoms with E-state index in [-0.39, 0.29) is 0 Å². The Morgan fingerprint density at radius 3 is 1.01 bits per heavy atom. The van der Waals surface area contributed by atoms with Gasteiger partial charge in [0, 0.05) is 34.1 Å².